The molecule has 2 N–H and O–H groups in total. The minimum Gasteiger partial charge on any atom is -0.381 e. The number of thiazole rings is 1. The van der Waals surface area contributed by atoms with E-state index in [4.69, 9.17) is 10.5 Å². The lowest BCUT2D eigenvalue weighted by Crippen LogP contribution is -2.52. The van der Waals surface area contributed by atoms with Crippen LogP contribution in [0.1, 0.15) is 17.8 Å². The molecule has 1 aromatic rings. The van der Waals surface area contributed by atoms with Crippen LogP contribution in [0, 0.1) is 0 Å². The maximum Gasteiger partial charge on any atom is 0.159 e. The maximum absolute atomic E-state index is 12.0. The van der Waals surface area contributed by atoms with Gasteiger partial charge in [0, 0.05) is 24.8 Å². The van der Waals surface area contributed by atoms with Crippen LogP contribution in [0.3, 0.4) is 0 Å². The Balaban J connectivity index is 2.00. The van der Waals surface area contributed by atoms with Gasteiger partial charge in [-0.15, -0.1) is 11.3 Å². The minimum atomic E-state index is -0.691. The quantitative estimate of drug-likeness (QED) is 0.826. The summed E-state index contributed by atoms with van der Waals surface area (Å²) in [5.74, 6) is 0.0840. The molecule has 82 valence electrons. The molecule has 0 saturated carbocycles. The van der Waals surface area contributed by atoms with Crippen LogP contribution in [0.4, 0.5) is 0 Å². The molecule has 0 aromatic carbocycles. The number of hydrogen-bond acceptors (Lipinski definition) is 5. The van der Waals surface area contributed by atoms with Crippen LogP contribution in [-0.4, -0.2) is 29.5 Å². The van der Waals surface area contributed by atoms with Gasteiger partial charge >= 0.3 is 0 Å². The minimum absolute atomic E-state index is 0.0840. The highest BCUT2D eigenvalue weighted by Crippen LogP contribution is 2.21. The third-order valence-corrected chi connectivity index (χ3v) is 3.52. The smallest absolute Gasteiger partial charge is 0.159 e. The standard InChI is InChI=1S/C10H14N2O2S/c11-10(1-4-14-5-2-10)8(13)7-9-12-3-6-15-9/h3,6H,1-2,4-5,7,11H2. The van der Waals surface area contributed by atoms with Gasteiger partial charge in [-0.2, -0.15) is 0 Å². The van der Waals surface area contributed by atoms with Gasteiger partial charge in [0.2, 0.25) is 0 Å². The van der Waals surface area contributed by atoms with E-state index >= 15 is 0 Å². The van der Waals surface area contributed by atoms with E-state index in [1.54, 1.807) is 6.20 Å². The number of rotatable bonds is 3. The van der Waals surface area contributed by atoms with E-state index in [0.29, 0.717) is 32.5 Å². The van der Waals surface area contributed by atoms with Gasteiger partial charge in [0.25, 0.3) is 0 Å². The molecule has 0 spiro atoms. The maximum atomic E-state index is 12.0. The molecule has 0 radical (unpaired) electrons. The molecular formula is C10H14N2O2S. The van der Waals surface area contributed by atoms with E-state index in [1.165, 1.54) is 11.3 Å². The first kappa shape index (κ1) is 10.7. The van der Waals surface area contributed by atoms with Crippen LogP contribution in [0.15, 0.2) is 11.6 Å². The zero-order chi connectivity index (χ0) is 10.7. The third kappa shape index (κ3) is 2.42. The topological polar surface area (TPSA) is 65.2 Å². The Labute approximate surface area is 92.5 Å². The zero-order valence-corrected chi connectivity index (χ0v) is 9.26. The lowest BCUT2D eigenvalue weighted by atomic mass is 9.85. The summed E-state index contributed by atoms with van der Waals surface area (Å²) in [5.41, 5.74) is 5.38. The first-order chi connectivity index (χ1) is 7.21. The average molecular weight is 226 g/mol. The SMILES string of the molecule is NC1(C(=O)Cc2nccs2)CCOCC1. The van der Waals surface area contributed by atoms with Crippen LogP contribution in [0.5, 0.6) is 0 Å². The van der Waals surface area contributed by atoms with Crippen molar-refractivity contribution in [3.63, 3.8) is 0 Å². The van der Waals surface area contributed by atoms with Gasteiger partial charge in [0.05, 0.1) is 17.0 Å². The van der Waals surface area contributed by atoms with Crippen molar-refractivity contribution in [2.75, 3.05) is 13.2 Å². The summed E-state index contributed by atoms with van der Waals surface area (Å²) in [7, 11) is 0. The summed E-state index contributed by atoms with van der Waals surface area (Å²) in [4.78, 5) is 16.1. The molecule has 0 aliphatic carbocycles. The Kier molecular flexibility index (Phi) is 3.14. The third-order valence-electron chi connectivity index (χ3n) is 2.74. The number of nitrogens with zero attached hydrogens (tertiary/aromatic N) is 1. The van der Waals surface area contributed by atoms with Crippen molar-refractivity contribution in [2.45, 2.75) is 24.8 Å². The second-order valence-electron chi connectivity index (χ2n) is 3.79. The number of carbonyl (C=O) groups is 1. The molecule has 0 amide bonds. The molecule has 0 atom stereocenters. The van der Waals surface area contributed by atoms with E-state index < -0.39 is 5.54 Å². The Morgan fingerprint density at radius 2 is 2.33 bits per heavy atom. The number of carbonyl (C=O) groups excluding carboxylic acids is 1. The Bertz CT molecular complexity index is 331. The first-order valence-electron chi connectivity index (χ1n) is 4.99. The predicted molar refractivity (Wildman–Crippen MR) is 57.8 cm³/mol. The molecule has 1 fully saturated rings. The normalized spacial score (nSPS) is 20.1. The van der Waals surface area contributed by atoms with Gasteiger partial charge in [0.1, 0.15) is 0 Å². The molecule has 5 heteroatoms. The van der Waals surface area contributed by atoms with Crippen molar-refractivity contribution < 1.29 is 9.53 Å². The highest BCUT2D eigenvalue weighted by Gasteiger charge is 2.35. The molecule has 2 heterocycles. The Hall–Kier alpha value is -0.780. The van der Waals surface area contributed by atoms with Crippen molar-refractivity contribution in [3.8, 4) is 0 Å². The second kappa shape index (κ2) is 4.38. The fourth-order valence-corrected chi connectivity index (χ4v) is 2.28. The van der Waals surface area contributed by atoms with E-state index in [-0.39, 0.29) is 5.78 Å². The van der Waals surface area contributed by atoms with Crippen LogP contribution in [0.2, 0.25) is 0 Å². The summed E-state index contributed by atoms with van der Waals surface area (Å²) in [6, 6.07) is 0. The molecule has 2 rings (SSSR count). The lowest BCUT2D eigenvalue weighted by molar-refractivity contribution is -0.126. The van der Waals surface area contributed by atoms with Gasteiger partial charge in [-0.05, 0) is 12.8 Å². The molecule has 1 saturated heterocycles. The predicted octanol–water partition coefficient (Wildman–Crippen LogP) is 0.763. The number of aromatic nitrogens is 1. The fourth-order valence-electron chi connectivity index (χ4n) is 1.67. The molecule has 1 aliphatic heterocycles. The molecule has 1 aliphatic rings. The molecule has 1 aromatic heterocycles. The van der Waals surface area contributed by atoms with Crippen LogP contribution in [-0.2, 0) is 16.0 Å². The van der Waals surface area contributed by atoms with Crippen molar-refractivity contribution in [1.29, 1.82) is 0 Å². The van der Waals surface area contributed by atoms with Crippen LogP contribution in [0.25, 0.3) is 0 Å². The molecule has 0 unspecified atom stereocenters. The zero-order valence-electron chi connectivity index (χ0n) is 8.44. The van der Waals surface area contributed by atoms with Gasteiger partial charge in [-0.25, -0.2) is 4.98 Å². The van der Waals surface area contributed by atoms with Gasteiger partial charge in [0.15, 0.2) is 5.78 Å². The van der Waals surface area contributed by atoms with E-state index in [1.807, 2.05) is 5.38 Å². The van der Waals surface area contributed by atoms with Crippen LogP contribution >= 0.6 is 11.3 Å². The summed E-state index contributed by atoms with van der Waals surface area (Å²) in [6.45, 7) is 1.17. The monoisotopic (exact) mass is 226 g/mol. The molecule has 0 bridgehead atoms. The first-order valence-corrected chi connectivity index (χ1v) is 5.87. The number of hydrogen-bond donors (Lipinski definition) is 1. The van der Waals surface area contributed by atoms with Crippen molar-refractivity contribution in [2.24, 2.45) is 5.73 Å². The number of nitrogens with two attached hydrogens (primary N) is 1. The van der Waals surface area contributed by atoms with Crippen molar-refractivity contribution >= 4 is 17.1 Å². The van der Waals surface area contributed by atoms with Gasteiger partial charge in [-0.3, -0.25) is 4.79 Å². The summed E-state index contributed by atoms with van der Waals surface area (Å²) in [5, 5.41) is 2.71. The Morgan fingerprint density at radius 3 is 2.93 bits per heavy atom. The van der Waals surface area contributed by atoms with Gasteiger partial charge in [-0.1, -0.05) is 0 Å². The summed E-state index contributed by atoms with van der Waals surface area (Å²) in [6.07, 6.45) is 3.31. The highest BCUT2D eigenvalue weighted by molar-refractivity contribution is 7.09. The van der Waals surface area contributed by atoms with Gasteiger partial charge < -0.3 is 10.5 Å². The largest absolute Gasteiger partial charge is 0.381 e. The van der Waals surface area contributed by atoms with E-state index in [2.05, 4.69) is 4.98 Å². The number of ketones is 1. The number of ether oxygens (including phenoxy) is 1. The Morgan fingerprint density at radius 1 is 1.60 bits per heavy atom. The summed E-state index contributed by atoms with van der Waals surface area (Å²) >= 11 is 1.50. The lowest BCUT2D eigenvalue weighted by Gasteiger charge is -2.31. The summed E-state index contributed by atoms with van der Waals surface area (Å²) < 4.78 is 5.21. The average Bonchev–Trinajstić information content (AvgIpc) is 2.71. The van der Waals surface area contributed by atoms with Crippen molar-refractivity contribution in [1.82, 2.24) is 4.98 Å². The molecule has 15 heavy (non-hydrogen) atoms. The van der Waals surface area contributed by atoms with Crippen LogP contribution < -0.4 is 5.73 Å². The number of Topliss-reactive ketones (excluding diaryl/α,β-unsaturated/α-hetero) is 1. The second-order valence-corrected chi connectivity index (χ2v) is 4.77. The van der Waals surface area contributed by atoms with E-state index in [0.717, 1.165) is 5.01 Å². The fraction of sp³-hybridized carbons (Fsp3) is 0.600. The van der Waals surface area contributed by atoms with Crippen molar-refractivity contribution in [3.05, 3.63) is 16.6 Å². The molecule has 4 nitrogen and oxygen atoms in total. The van der Waals surface area contributed by atoms with E-state index in [9.17, 15) is 4.79 Å². The molecular weight excluding hydrogens is 212 g/mol. The highest BCUT2D eigenvalue weighted by atomic mass is 32.1.